The highest BCUT2D eigenvalue weighted by molar-refractivity contribution is 7.99. The smallest absolute Gasteiger partial charge is 0.239 e. The quantitative estimate of drug-likeness (QED) is 0.761. The molecule has 0 saturated carbocycles. The third kappa shape index (κ3) is 4.08. The number of nitrogens with zero attached hydrogens (tertiary/aromatic N) is 3. The fourth-order valence-corrected chi connectivity index (χ4v) is 2.43. The summed E-state index contributed by atoms with van der Waals surface area (Å²) in [6.45, 7) is 3.55. The molecule has 1 aromatic heterocycles. The van der Waals surface area contributed by atoms with E-state index in [4.69, 9.17) is 5.73 Å². The Kier molecular flexibility index (Phi) is 5.16. The molecule has 0 aliphatic heterocycles. The Morgan fingerprint density at radius 2 is 2.05 bits per heavy atom. The Labute approximate surface area is 132 Å². The summed E-state index contributed by atoms with van der Waals surface area (Å²) >= 11 is 1.24. The molecule has 1 heterocycles. The van der Waals surface area contributed by atoms with Crippen molar-refractivity contribution in [2.75, 3.05) is 5.75 Å². The summed E-state index contributed by atoms with van der Waals surface area (Å²) in [5.74, 6) is -0.724. The van der Waals surface area contributed by atoms with Gasteiger partial charge >= 0.3 is 0 Å². The second-order valence-electron chi connectivity index (χ2n) is 4.80. The Morgan fingerprint density at radius 3 is 2.68 bits per heavy atom. The molecule has 1 unspecified atom stereocenters. The van der Waals surface area contributed by atoms with Crippen LogP contribution in [-0.2, 0) is 9.59 Å². The van der Waals surface area contributed by atoms with E-state index in [1.807, 2.05) is 31.2 Å². The molecule has 0 radical (unpaired) electrons. The minimum absolute atomic E-state index is 0.127. The second-order valence-corrected chi connectivity index (χ2v) is 5.74. The molecule has 0 fully saturated rings. The summed E-state index contributed by atoms with van der Waals surface area (Å²) < 4.78 is 1.80. The maximum Gasteiger partial charge on any atom is 0.239 e. The molecule has 2 rings (SSSR count). The van der Waals surface area contributed by atoms with Crippen LogP contribution >= 0.6 is 11.8 Å². The van der Waals surface area contributed by atoms with Gasteiger partial charge in [-0.25, -0.2) is 0 Å². The molecular formula is C14H17N5O2S. The van der Waals surface area contributed by atoms with Gasteiger partial charge in [-0.3, -0.25) is 14.2 Å². The lowest BCUT2D eigenvalue weighted by atomic mass is 10.2. The fraction of sp³-hybridized carbons (Fsp3) is 0.286. The zero-order valence-corrected chi connectivity index (χ0v) is 13.1. The molecule has 0 spiro atoms. The zero-order chi connectivity index (χ0) is 16.1. The molecule has 7 nitrogen and oxygen atoms in total. The first kappa shape index (κ1) is 16.0. The number of amides is 2. The van der Waals surface area contributed by atoms with Crippen molar-refractivity contribution in [1.29, 1.82) is 0 Å². The number of thioether (sulfide) groups is 1. The maximum atomic E-state index is 11.7. The van der Waals surface area contributed by atoms with Crippen molar-refractivity contribution in [2.24, 2.45) is 5.73 Å². The molecule has 116 valence electrons. The number of rotatable bonds is 6. The zero-order valence-electron chi connectivity index (χ0n) is 12.3. The van der Waals surface area contributed by atoms with Crippen LogP contribution in [0, 0.1) is 6.92 Å². The lowest BCUT2D eigenvalue weighted by Gasteiger charge is -2.10. The van der Waals surface area contributed by atoms with E-state index in [1.165, 1.54) is 11.8 Å². The molecule has 0 aliphatic carbocycles. The Balaban J connectivity index is 2.00. The van der Waals surface area contributed by atoms with Crippen molar-refractivity contribution in [3.8, 4) is 5.69 Å². The Hall–Kier alpha value is -2.35. The van der Waals surface area contributed by atoms with Crippen LogP contribution in [0.15, 0.2) is 35.7 Å². The first-order valence-corrected chi connectivity index (χ1v) is 7.64. The number of carbonyl (C=O) groups excluding carboxylic acids is 2. The van der Waals surface area contributed by atoms with E-state index in [0.29, 0.717) is 5.16 Å². The van der Waals surface area contributed by atoms with Gasteiger partial charge in [0.05, 0.1) is 5.75 Å². The van der Waals surface area contributed by atoms with E-state index in [9.17, 15) is 9.59 Å². The molecule has 22 heavy (non-hydrogen) atoms. The van der Waals surface area contributed by atoms with Gasteiger partial charge in [-0.1, -0.05) is 29.5 Å². The van der Waals surface area contributed by atoms with Crippen LogP contribution in [0.5, 0.6) is 0 Å². The van der Waals surface area contributed by atoms with Crippen molar-refractivity contribution in [1.82, 2.24) is 20.1 Å². The number of aryl methyl sites for hydroxylation is 1. The van der Waals surface area contributed by atoms with Crippen molar-refractivity contribution in [3.05, 3.63) is 36.2 Å². The molecular weight excluding hydrogens is 302 g/mol. The molecule has 1 aromatic carbocycles. The highest BCUT2D eigenvalue weighted by atomic mass is 32.2. The number of hydrogen-bond donors (Lipinski definition) is 2. The molecule has 0 aliphatic rings. The van der Waals surface area contributed by atoms with E-state index < -0.39 is 11.9 Å². The molecule has 3 N–H and O–H groups in total. The summed E-state index contributed by atoms with van der Waals surface area (Å²) in [7, 11) is 0. The molecule has 1 atom stereocenters. The fourth-order valence-electron chi connectivity index (χ4n) is 1.69. The van der Waals surface area contributed by atoms with Crippen LogP contribution < -0.4 is 11.1 Å². The van der Waals surface area contributed by atoms with Crippen LogP contribution in [0.1, 0.15) is 12.5 Å². The van der Waals surface area contributed by atoms with Gasteiger partial charge in [-0.15, -0.1) is 10.2 Å². The topological polar surface area (TPSA) is 103 Å². The number of carbonyl (C=O) groups is 2. The molecule has 2 amide bonds. The Bertz CT molecular complexity index is 668. The van der Waals surface area contributed by atoms with Crippen LogP contribution in [0.25, 0.3) is 5.69 Å². The van der Waals surface area contributed by atoms with Gasteiger partial charge in [-0.05, 0) is 26.0 Å². The second kappa shape index (κ2) is 7.08. The summed E-state index contributed by atoms with van der Waals surface area (Å²) in [6.07, 6.45) is 1.59. The number of hydrogen-bond acceptors (Lipinski definition) is 5. The van der Waals surface area contributed by atoms with Gasteiger partial charge in [0.2, 0.25) is 11.8 Å². The van der Waals surface area contributed by atoms with Crippen LogP contribution in [-0.4, -0.2) is 38.4 Å². The SMILES string of the molecule is Cc1ccc(-n2cnnc2SCC(=O)NC(C)C(N)=O)cc1. The van der Waals surface area contributed by atoms with Gasteiger partial charge < -0.3 is 11.1 Å². The lowest BCUT2D eigenvalue weighted by Crippen LogP contribution is -2.42. The standard InChI is InChI=1S/C14H17N5O2S/c1-9-3-5-11(6-4-9)19-8-16-18-14(19)22-7-12(20)17-10(2)13(15)21/h3-6,8,10H,7H2,1-2H3,(H2,15,21)(H,17,20). The molecule has 8 heteroatoms. The summed E-state index contributed by atoms with van der Waals surface area (Å²) in [6, 6.07) is 7.20. The lowest BCUT2D eigenvalue weighted by molar-refractivity contribution is -0.125. The third-order valence-corrected chi connectivity index (χ3v) is 3.91. The first-order valence-electron chi connectivity index (χ1n) is 6.66. The van der Waals surface area contributed by atoms with Gasteiger partial charge in [0.1, 0.15) is 12.4 Å². The normalized spacial score (nSPS) is 11.9. The van der Waals surface area contributed by atoms with E-state index >= 15 is 0 Å². The largest absolute Gasteiger partial charge is 0.368 e. The molecule has 0 bridgehead atoms. The van der Waals surface area contributed by atoms with Gasteiger partial charge in [0.15, 0.2) is 5.16 Å². The van der Waals surface area contributed by atoms with Crippen LogP contribution in [0.3, 0.4) is 0 Å². The summed E-state index contributed by atoms with van der Waals surface area (Å²) in [5.41, 5.74) is 7.18. The highest BCUT2D eigenvalue weighted by Gasteiger charge is 2.14. The predicted octanol–water partition coefficient (Wildman–Crippen LogP) is 0.658. The summed E-state index contributed by atoms with van der Waals surface area (Å²) in [4.78, 5) is 22.7. The average molecular weight is 319 g/mol. The van der Waals surface area contributed by atoms with Crippen molar-refractivity contribution >= 4 is 23.6 Å². The highest BCUT2D eigenvalue weighted by Crippen LogP contribution is 2.19. The van der Waals surface area contributed by atoms with Crippen LogP contribution in [0.4, 0.5) is 0 Å². The maximum absolute atomic E-state index is 11.7. The Morgan fingerprint density at radius 1 is 1.36 bits per heavy atom. The summed E-state index contributed by atoms with van der Waals surface area (Å²) in [5, 5.41) is 11.0. The monoisotopic (exact) mass is 319 g/mol. The van der Waals surface area contributed by atoms with E-state index in [2.05, 4.69) is 15.5 Å². The first-order chi connectivity index (χ1) is 10.5. The van der Waals surface area contributed by atoms with Crippen molar-refractivity contribution in [3.63, 3.8) is 0 Å². The van der Waals surface area contributed by atoms with Gasteiger partial charge in [-0.2, -0.15) is 0 Å². The van der Waals surface area contributed by atoms with Crippen molar-refractivity contribution < 1.29 is 9.59 Å². The molecule has 0 saturated heterocycles. The van der Waals surface area contributed by atoms with Crippen LogP contribution in [0.2, 0.25) is 0 Å². The number of benzene rings is 1. The van der Waals surface area contributed by atoms with E-state index in [1.54, 1.807) is 17.8 Å². The number of primary amides is 1. The van der Waals surface area contributed by atoms with Gasteiger partial charge in [0.25, 0.3) is 0 Å². The van der Waals surface area contributed by atoms with Crippen molar-refractivity contribution in [2.45, 2.75) is 25.0 Å². The number of nitrogens with two attached hydrogens (primary N) is 1. The minimum atomic E-state index is -0.692. The van der Waals surface area contributed by atoms with E-state index in [0.717, 1.165) is 11.3 Å². The number of aromatic nitrogens is 3. The third-order valence-electron chi connectivity index (χ3n) is 2.97. The number of nitrogens with one attached hydrogen (secondary N) is 1. The van der Waals surface area contributed by atoms with Gasteiger partial charge in [0, 0.05) is 5.69 Å². The average Bonchev–Trinajstić information content (AvgIpc) is 2.94. The predicted molar refractivity (Wildman–Crippen MR) is 83.6 cm³/mol. The molecule has 2 aromatic rings. The minimum Gasteiger partial charge on any atom is -0.368 e. The van der Waals surface area contributed by atoms with E-state index in [-0.39, 0.29) is 11.7 Å².